The highest BCUT2D eigenvalue weighted by Crippen LogP contribution is 2.29. The average molecular weight is 241 g/mol. The molecule has 0 aliphatic heterocycles. The summed E-state index contributed by atoms with van der Waals surface area (Å²) in [6.45, 7) is 2.00. The highest BCUT2D eigenvalue weighted by molar-refractivity contribution is 5.85. The zero-order valence-electron chi connectivity index (χ0n) is 10.7. The van der Waals surface area contributed by atoms with Gasteiger partial charge in [-0.15, -0.1) is 0 Å². The van der Waals surface area contributed by atoms with E-state index >= 15 is 0 Å². The first-order chi connectivity index (χ1) is 8.70. The van der Waals surface area contributed by atoms with Crippen molar-refractivity contribution in [1.82, 2.24) is 19.7 Å². The Kier molecular flexibility index (Phi) is 2.33. The van der Waals surface area contributed by atoms with E-state index in [0.29, 0.717) is 0 Å². The number of aromatic nitrogens is 4. The number of hydrogen-bond acceptors (Lipinski definition) is 3. The molecule has 1 aromatic carbocycles. The number of aryl methyl sites for hydroxylation is 2. The number of benzene rings is 1. The Morgan fingerprint density at radius 2 is 2.17 bits per heavy atom. The van der Waals surface area contributed by atoms with Gasteiger partial charge in [0.1, 0.15) is 5.69 Å². The lowest BCUT2D eigenvalue weighted by Crippen LogP contribution is -1.91. The molecule has 0 aliphatic carbocycles. The molecule has 0 spiro atoms. The van der Waals surface area contributed by atoms with Crippen LogP contribution < -0.4 is 5.32 Å². The molecule has 2 heterocycles. The molecule has 0 saturated heterocycles. The standard InChI is InChI=1S/C13H15N5/c1-8-12(14-2)13(17-16-8)9-4-5-11-10(6-9)15-7-18(11)3/h4-7,14H,1-3H3,(H,16,17). The minimum atomic E-state index is 0.933. The van der Waals surface area contributed by atoms with Crippen molar-refractivity contribution in [1.29, 1.82) is 0 Å². The minimum absolute atomic E-state index is 0.933. The van der Waals surface area contributed by atoms with E-state index in [9.17, 15) is 0 Å². The van der Waals surface area contributed by atoms with Crippen molar-refractivity contribution in [3.63, 3.8) is 0 Å². The maximum atomic E-state index is 4.37. The fourth-order valence-electron chi connectivity index (χ4n) is 2.23. The largest absolute Gasteiger partial charge is 0.385 e. The molecular formula is C13H15N5. The minimum Gasteiger partial charge on any atom is -0.385 e. The number of nitrogens with zero attached hydrogens (tertiary/aromatic N) is 3. The van der Waals surface area contributed by atoms with Gasteiger partial charge in [0, 0.05) is 19.7 Å². The Morgan fingerprint density at radius 1 is 1.33 bits per heavy atom. The van der Waals surface area contributed by atoms with Gasteiger partial charge in [-0.3, -0.25) is 5.10 Å². The van der Waals surface area contributed by atoms with Gasteiger partial charge in [-0.05, 0) is 19.1 Å². The third-order valence-corrected chi connectivity index (χ3v) is 3.20. The molecule has 0 fully saturated rings. The van der Waals surface area contributed by atoms with Gasteiger partial charge in [0.2, 0.25) is 0 Å². The van der Waals surface area contributed by atoms with Crippen LogP contribution in [-0.2, 0) is 7.05 Å². The highest BCUT2D eigenvalue weighted by Gasteiger charge is 2.12. The fraction of sp³-hybridized carbons (Fsp3) is 0.231. The predicted molar refractivity (Wildman–Crippen MR) is 72.6 cm³/mol. The van der Waals surface area contributed by atoms with E-state index in [1.54, 1.807) is 0 Å². The molecular weight excluding hydrogens is 226 g/mol. The molecule has 0 aliphatic rings. The van der Waals surface area contributed by atoms with E-state index in [4.69, 9.17) is 0 Å². The van der Waals surface area contributed by atoms with Crippen molar-refractivity contribution in [3.05, 3.63) is 30.2 Å². The molecule has 92 valence electrons. The number of imidazole rings is 1. The van der Waals surface area contributed by atoms with E-state index in [0.717, 1.165) is 33.7 Å². The number of rotatable bonds is 2. The first kappa shape index (κ1) is 10.8. The van der Waals surface area contributed by atoms with Crippen LogP contribution in [0.15, 0.2) is 24.5 Å². The van der Waals surface area contributed by atoms with Crippen LogP contribution in [0.1, 0.15) is 5.69 Å². The summed E-state index contributed by atoms with van der Waals surface area (Å²) in [5.74, 6) is 0. The summed E-state index contributed by atoms with van der Waals surface area (Å²) in [4.78, 5) is 4.37. The fourth-order valence-corrected chi connectivity index (χ4v) is 2.23. The molecule has 3 rings (SSSR count). The quantitative estimate of drug-likeness (QED) is 0.724. The van der Waals surface area contributed by atoms with Crippen LogP contribution in [0.25, 0.3) is 22.3 Å². The average Bonchev–Trinajstić information content (AvgIpc) is 2.93. The second kappa shape index (κ2) is 3.87. The van der Waals surface area contributed by atoms with Crippen LogP contribution in [0.4, 0.5) is 5.69 Å². The highest BCUT2D eigenvalue weighted by atomic mass is 15.1. The van der Waals surface area contributed by atoms with Crippen molar-refractivity contribution in [2.45, 2.75) is 6.92 Å². The van der Waals surface area contributed by atoms with E-state index in [2.05, 4.69) is 38.7 Å². The van der Waals surface area contributed by atoms with Gasteiger partial charge < -0.3 is 9.88 Å². The molecule has 0 unspecified atom stereocenters. The van der Waals surface area contributed by atoms with Crippen LogP contribution in [-0.4, -0.2) is 26.8 Å². The van der Waals surface area contributed by atoms with Crippen LogP contribution in [0.3, 0.4) is 0 Å². The number of anilines is 1. The number of aromatic amines is 1. The summed E-state index contributed by atoms with van der Waals surface area (Å²) in [6, 6.07) is 6.20. The Balaban J connectivity index is 2.19. The predicted octanol–water partition coefficient (Wildman–Crippen LogP) is 2.31. The molecule has 18 heavy (non-hydrogen) atoms. The number of nitrogens with one attached hydrogen (secondary N) is 2. The van der Waals surface area contributed by atoms with Crippen molar-refractivity contribution in [3.8, 4) is 11.3 Å². The van der Waals surface area contributed by atoms with Crippen molar-refractivity contribution in [2.75, 3.05) is 12.4 Å². The first-order valence-corrected chi connectivity index (χ1v) is 5.85. The molecule has 3 aromatic rings. The summed E-state index contributed by atoms with van der Waals surface area (Å²) in [5.41, 5.74) is 6.17. The Hall–Kier alpha value is -2.30. The second-order valence-electron chi connectivity index (χ2n) is 4.38. The van der Waals surface area contributed by atoms with Crippen LogP contribution >= 0.6 is 0 Å². The molecule has 5 heteroatoms. The lowest BCUT2D eigenvalue weighted by Gasteiger charge is -2.03. The van der Waals surface area contributed by atoms with Crippen molar-refractivity contribution >= 4 is 16.7 Å². The molecule has 0 amide bonds. The van der Waals surface area contributed by atoms with Gasteiger partial charge >= 0.3 is 0 Å². The molecule has 0 bridgehead atoms. The lowest BCUT2D eigenvalue weighted by molar-refractivity contribution is 0.948. The second-order valence-corrected chi connectivity index (χ2v) is 4.38. The van der Waals surface area contributed by atoms with Gasteiger partial charge in [0.15, 0.2) is 0 Å². The number of hydrogen-bond donors (Lipinski definition) is 2. The zero-order chi connectivity index (χ0) is 12.7. The van der Waals surface area contributed by atoms with Crippen LogP contribution in [0.2, 0.25) is 0 Å². The number of H-pyrrole nitrogens is 1. The molecule has 5 nitrogen and oxygen atoms in total. The maximum absolute atomic E-state index is 4.37. The summed E-state index contributed by atoms with van der Waals surface area (Å²) in [6.07, 6.45) is 1.82. The maximum Gasteiger partial charge on any atom is 0.116 e. The molecule has 2 N–H and O–H groups in total. The van der Waals surface area contributed by atoms with E-state index in [-0.39, 0.29) is 0 Å². The van der Waals surface area contributed by atoms with Crippen LogP contribution in [0.5, 0.6) is 0 Å². The zero-order valence-corrected chi connectivity index (χ0v) is 10.7. The smallest absolute Gasteiger partial charge is 0.116 e. The molecule has 2 aromatic heterocycles. The Labute approximate surface area is 105 Å². The molecule has 0 atom stereocenters. The number of fused-ring (bicyclic) bond motifs is 1. The normalized spacial score (nSPS) is 11.1. The molecule has 0 radical (unpaired) electrons. The Bertz CT molecular complexity index is 707. The molecule has 0 saturated carbocycles. The summed E-state index contributed by atoms with van der Waals surface area (Å²) in [5, 5.41) is 10.5. The SMILES string of the molecule is CNc1c(-c2ccc3c(c2)ncn3C)n[nH]c1C. The summed E-state index contributed by atoms with van der Waals surface area (Å²) < 4.78 is 2.01. The topological polar surface area (TPSA) is 58.5 Å². The van der Waals surface area contributed by atoms with E-state index in [1.165, 1.54) is 0 Å². The summed E-state index contributed by atoms with van der Waals surface area (Å²) in [7, 11) is 3.90. The third kappa shape index (κ3) is 1.48. The monoisotopic (exact) mass is 241 g/mol. The van der Waals surface area contributed by atoms with E-state index in [1.807, 2.05) is 31.9 Å². The van der Waals surface area contributed by atoms with Gasteiger partial charge in [-0.2, -0.15) is 5.10 Å². The van der Waals surface area contributed by atoms with Crippen molar-refractivity contribution in [2.24, 2.45) is 7.05 Å². The van der Waals surface area contributed by atoms with Gasteiger partial charge in [0.25, 0.3) is 0 Å². The Morgan fingerprint density at radius 3 is 2.94 bits per heavy atom. The van der Waals surface area contributed by atoms with Gasteiger partial charge in [0.05, 0.1) is 28.7 Å². The van der Waals surface area contributed by atoms with Gasteiger partial charge in [-0.25, -0.2) is 4.98 Å². The lowest BCUT2D eigenvalue weighted by atomic mass is 10.1. The third-order valence-electron chi connectivity index (χ3n) is 3.20. The summed E-state index contributed by atoms with van der Waals surface area (Å²) >= 11 is 0. The first-order valence-electron chi connectivity index (χ1n) is 5.85. The van der Waals surface area contributed by atoms with Gasteiger partial charge in [-0.1, -0.05) is 6.07 Å². The van der Waals surface area contributed by atoms with Crippen molar-refractivity contribution < 1.29 is 0 Å². The van der Waals surface area contributed by atoms with Crippen LogP contribution in [0, 0.1) is 6.92 Å². The van der Waals surface area contributed by atoms with E-state index < -0.39 is 0 Å².